The molecule has 2 aromatic carbocycles. The van der Waals surface area contributed by atoms with Gasteiger partial charge in [-0.25, -0.2) is 4.79 Å². The molecule has 6 nitrogen and oxygen atoms in total. The Kier molecular flexibility index (Phi) is 7.97. The van der Waals surface area contributed by atoms with Crippen molar-refractivity contribution in [2.45, 2.75) is 32.2 Å². The summed E-state index contributed by atoms with van der Waals surface area (Å²) in [6.07, 6.45) is 3.82. The van der Waals surface area contributed by atoms with Crippen molar-refractivity contribution in [2.75, 3.05) is 36.9 Å². The van der Waals surface area contributed by atoms with Gasteiger partial charge in [-0.15, -0.1) is 0 Å². The topological polar surface area (TPSA) is 64.7 Å². The van der Waals surface area contributed by atoms with E-state index in [1.807, 2.05) is 42.5 Å². The van der Waals surface area contributed by atoms with Crippen molar-refractivity contribution >= 4 is 34.9 Å². The third kappa shape index (κ3) is 6.39. The molecule has 0 atom stereocenters. The number of piperidine rings is 1. The van der Waals surface area contributed by atoms with Gasteiger partial charge in [0, 0.05) is 45.3 Å². The number of halogens is 1. The molecule has 160 valence electrons. The molecule has 1 heterocycles. The molecule has 2 N–H and O–H groups in total. The van der Waals surface area contributed by atoms with Gasteiger partial charge in [0.2, 0.25) is 5.91 Å². The van der Waals surface area contributed by atoms with Gasteiger partial charge in [0.15, 0.2) is 0 Å². The summed E-state index contributed by atoms with van der Waals surface area (Å²) in [4.78, 5) is 28.3. The number of rotatable bonds is 7. The Labute approximate surface area is 183 Å². The van der Waals surface area contributed by atoms with Crippen LogP contribution in [0.2, 0.25) is 5.02 Å². The molecule has 1 aliphatic heterocycles. The largest absolute Gasteiger partial charge is 0.370 e. The fourth-order valence-corrected chi connectivity index (χ4v) is 3.85. The van der Waals surface area contributed by atoms with E-state index in [2.05, 4.69) is 15.5 Å². The van der Waals surface area contributed by atoms with Gasteiger partial charge < -0.3 is 20.4 Å². The maximum Gasteiger partial charge on any atom is 0.317 e. The second-order valence-corrected chi connectivity index (χ2v) is 7.99. The van der Waals surface area contributed by atoms with Crippen molar-refractivity contribution in [3.8, 4) is 0 Å². The molecule has 0 aromatic heterocycles. The minimum Gasteiger partial charge on any atom is -0.370 e. The summed E-state index contributed by atoms with van der Waals surface area (Å²) >= 11 is 6.44. The summed E-state index contributed by atoms with van der Waals surface area (Å²) < 4.78 is 0. The molecule has 7 heteroatoms. The Bertz CT molecular complexity index is 854. The summed E-state index contributed by atoms with van der Waals surface area (Å²) in [5.74, 6) is -0.164. The fraction of sp³-hybridized carbons (Fsp3) is 0.391. The Morgan fingerprint density at radius 3 is 2.50 bits per heavy atom. The van der Waals surface area contributed by atoms with Gasteiger partial charge in [-0.05, 0) is 43.0 Å². The minimum absolute atomic E-state index is 0.164. The fourth-order valence-electron chi connectivity index (χ4n) is 3.55. The highest BCUT2D eigenvalue weighted by molar-refractivity contribution is 6.33. The second-order valence-electron chi connectivity index (χ2n) is 7.59. The van der Waals surface area contributed by atoms with Crippen molar-refractivity contribution < 1.29 is 9.59 Å². The van der Waals surface area contributed by atoms with Crippen molar-refractivity contribution in [3.63, 3.8) is 0 Å². The first-order valence-electron chi connectivity index (χ1n) is 10.4. The number of carbonyl (C=O) groups excluding carboxylic acids is 2. The number of hydrogen-bond donors (Lipinski definition) is 2. The van der Waals surface area contributed by atoms with E-state index in [0.717, 1.165) is 24.3 Å². The van der Waals surface area contributed by atoms with E-state index in [1.165, 1.54) is 19.3 Å². The minimum atomic E-state index is -0.208. The van der Waals surface area contributed by atoms with Crippen molar-refractivity contribution in [1.82, 2.24) is 10.2 Å². The number of hydrogen-bond acceptors (Lipinski definition) is 3. The van der Waals surface area contributed by atoms with Crippen LogP contribution in [-0.2, 0) is 11.3 Å². The first kappa shape index (κ1) is 22.0. The molecule has 1 aliphatic rings. The molecule has 3 rings (SSSR count). The average Bonchev–Trinajstić information content (AvgIpc) is 2.75. The van der Waals surface area contributed by atoms with E-state index in [9.17, 15) is 9.59 Å². The monoisotopic (exact) mass is 428 g/mol. The highest BCUT2D eigenvalue weighted by Crippen LogP contribution is 2.30. The number of nitrogens with one attached hydrogen (secondary N) is 2. The quantitative estimate of drug-likeness (QED) is 0.682. The zero-order valence-electron chi connectivity index (χ0n) is 17.4. The predicted molar refractivity (Wildman–Crippen MR) is 122 cm³/mol. The lowest BCUT2D eigenvalue weighted by Gasteiger charge is -2.29. The zero-order chi connectivity index (χ0) is 21.3. The SMILES string of the molecule is CN(Cc1ccccc1)C(=O)NCCC(=O)Nc1ccc(N2CCCCC2)c(Cl)c1. The van der Waals surface area contributed by atoms with E-state index in [4.69, 9.17) is 11.6 Å². The molecule has 0 aliphatic carbocycles. The van der Waals surface area contributed by atoms with Gasteiger partial charge in [0.05, 0.1) is 10.7 Å². The van der Waals surface area contributed by atoms with Crippen LogP contribution < -0.4 is 15.5 Å². The molecule has 0 spiro atoms. The molecular weight excluding hydrogens is 400 g/mol. The summed E-state index contributed by atoms with van der Waals surface area (Å²) in [7, 11) is 1.73. The predicted octanol–water partition coefficient (Wildman–Crippen LogP) is 4.50. The number of urea groups is 1. The van der Waals surface area contributed by atoms with Gasteiger partial charge in [-0.1, -0.05) is 41.9 Å². The Hall–Kier alpha value is -2.73. The molecule has 0 saturated carbocycles. The van der Waals surface area contributed by atoms with Crippen molar-refractivity contribution in [1.29, 1.82) is 0 Å². The van der Waals surface area contributed by atoms with Crippen LogP contribution in [0.1, 0.15) is 31.2 Å². The van der Waals surface area contributed by atoms with E-state index < -0.39 is 0 Å². The Balaban J connectivity index is 1.42. The summed E-state index contributed by atoms with van der Waals surface area (Å²) in [5.41, 5.74) is 2.74. The van der Waals surface area contributed by atoms with E-state index in [0.29, 0.717) is 17.3 Å². The van der Waals surface area contributed by atoms with Crippen LogP contribution >= 0.6 is 11.6 Å². The van der Waals surface area contributed by atoms with Crippen LogP contribution in [-0.4, -0.2) is 43.5 Å². The van der Waals surface area contributed by atoms with Gasteiger partial charge in [-0.3, -0.25) is 4.79 Å². The highest BCUT2D eigenvalue weighted by Gasteiger charge is 2.15. The zero-order valence-corrected chi connectivity index (χ0v) is 18.1. The van der Waals surface area contributed by atoms with Gasteiger partial charge >= 0.3 is 6.03 Å². The number of carbonyl (C=O) groups is 2. The Morgan fingerprint density at radius 1 is 1.07 bits per heavy atom. The van der Waals surface area contributed by atoms with Crippen LogP contribution in [0, 0.1) is 0 Å². The van der Waals surface area contributed by atoms with Gasteiger partial charge in [0.25, 0.3) is 0 Å². The van der Waals surface area contributed by atoms with Crippen LogP contribution in [0.4, 0.5) is 16.2 Å². The van der Waals surface area contributed by atoms with Crippen LogP contribution in [0.25, 0.3) is 0 Å². The number of benzene rings is 2. The summed E-state index contributed by atoms with van der Waals surface area (Å²) in [6, 6.07) is 15.2. The molecule has 0 radical (unpaired) electrons. The van der Waals surface area contributed by atoms with E-state index in [-0.39, 0.29) is 24.9 Å². The molecule has 0 unspecified atom stereocenters. The van der Waals surface area contributed by atoms with Crippen LogP contribution in [0.3, 0.4) is 0 Å². The summed E-state index contributed by atoms with van der Waals surface area (Å²) in [6.45, 7) is 2.82. The molecule has 3 amide bonds. The van der Waals surface area contributed by atoms with Crippen molar-refractivity contribution in [2.24, 2.45) is 0 Å². The lowest BCUT2D eigenvalue weighted by molar-refractivity contribution is -0.116. The third-order valence-electron chi connectivity index (χ3n) is 5.17. The standard InChI is InChI=1S/C23H29ClN4O2/c1-27(17-18-8-4-2-5-9-18)23(30)25-13-12-22(29)26-19-10-11-21(20(24)16-19)28-14-6-3-7-15-28/h2,4-5,8-11,16H,3,6-7,12-15,17H2,1H3,(H,25,30)(H,26,29). The third-order valence-corrected chi connectivity index (χ3v) is 5.47. The molecule has 0 bridgehead atoms. The molecule has 1 saturated heterocycles. The van der Waals surface area contributed by atoms with Crippen LogP contribution in [0.5, 0.6) is 0 Å². The second kappa shape index (κ2) is 10.9. The van der Waals surface area contributed by atoms with Gasteiger partial charge in [-0.2, -0.15) is 0 Å². The smallest absolute Gasteiger partial charge is 0.317 e. The van der Waals surface area contributed by atoms with E-state index in [1.54, 1.807) is 18.0 Å². The number of amides is 3. The Morgan fingerprint density at radius 2 is 1.80 bits per heavy atom. The summed E-state index contributed by atoms with van der Waals surface area (Å²) in [5, 5.41) is 6.27. The van der Waals surface area contributed by atoms with Crippen LogP contribution in [0.15, 0.2) is 48.5 Å². The normalized spacial score (nSPS) is 13.6. The number of nitrogens with zero attached hydrogens (tertiary/aromatic N) is 2. The highest BCUT2D eigenvalue weighted by atomic mass is 35.5. The van der Waals surface area contributed by atoms with E-state index >= 15 is 0 Å². The molecule has 2 aromatic rings. The molecule has 1 fully saturated rings. The first-order valence-corrected chi connectivity index (χ1v) is 10.8. The number of anilines is 2. The lowest BCUT2D eigenvalue weighted by atomic mass is 10.1. The van der Waals surface area contributed by atoms with Gasteiger partial charge in [0.1, 0.15) is 0 Å². The molecular formula is C23H29ClN4O2. The lowest BCUT2D eigenvalue weighted by Crippen LogP contribution is -2.38. The maximum atomic E-state index is 12.2. The first-order chi connectivity index (χ1) is 14.5. The average molecular weight is 429 g/mol. The van der Waals surface area contributed by atoms with Crippen molar-refractivity contribution in [3.05, 3.63) is 59.1 Å². The maximum absolute atomic E-state index is 12.2. The molecule has 30 heavy (non-hydrogen) atoms.